The van der Waals surface area contributed by atoms with Crippen LogP contribution in [0.15, 0.2) is 24.3 Å². The molecule has 5 nitrogen and oxygen atoms in total. The van der Waals surface area contributed by atoms with Crippen LogP contribution in [0.25, 0.3) is 0 Å². The van der Waals surface area contributed by atoms with E-state index in [9.17, 15) is 18.0 Å². The molecule has 1 atom stereocenters. The van der Waals surface area contributed by atoms with Crippen molar-refractivity contribution in [2.75, 3.05) is 25.5 Å². The molecule has 22 heavy (non-hydrogen) atoms. The number of rotatable bonds is 6. The van der Waals surface area contributed by atoms with E-state index in [2.05, 4.69) is 5.32 Å². The van der Waals surface area contributed by atoms with Gasteiger partial charge in [0.1, 0.15) is 5.75 Å². The number of hydrogen-bond acceptors (Lipinski definition) is 3. The Morgan fingerprint density at radius 2 is 2.05 bits per heavy atom. The minimum absolute atomic E-state index is 0.356. The molecule has 2 amide bonds. The van der Waals surface area contributed by atoms with Gasteiger partial charge in [0.15, 0.2) is 6.10 Å². The highest BCUT2D eigenvalue weighted by molar-refractivity contribution is 5.90. The minimum Gasteiger partial charge on any atom is -0.491 e. The molecule has 0 aliphatic heterocycles. The number of urea groups is 1. The van der Waals surface area contributed by atoms with Gasteiger partial charge in [0, 0.05) is 7.05 Å². The van der Waals surface area contributed by atoms with Gasteiger partial charge in [0.2, 0.25) is 0 Å². The van der Waals surface area contributed by atoms with Gasteiger partial charge >= 0.3 is 12.2 Å². The van der Waals surface area contributed by atoms with Crippen molar-refractivity contribution in [3.63, 3.8) is 0 Å². The first-order chi connectivity index (χ1) is 10.3. The lowest BCUT2D eigenvalue weighted by Gasteiger charge is -2.23. The van der Waals surface area contributed by atoms with E-state index in [-0.39, 0.29) is 0 Å². The number of hydrogen-bond donors (Lipinski definition) is 2. The summed E-state index contributed by atoms with van der Waals surface area (Å²) in [5, 5.41) is 11.4. The average Bonchev–Trinajstić information content (AvgIpc) is 2.45. The summed E-state index contributed by atoms with van der Waals surface area (Å²) in [6.45, 7) is 1.52. The standard InChI is InChI=1S/C14H19F3N2O3/c1-3-8-22-11-7-5-4-6-10(11)18-13(21)19(2)9-12(20)14(15,16)17/h4-7,12,20H,3,8-9H2,1-2H3,(H,18,21). The van der Waals surface area contributed by atoms with Crippen LogP contribution in [-0.2, 0) is 0 Å². The van der Waals surface area contributed by atoms with Crippen molar-refractivity contribution in [3.8, 4) is 5.75 Å². The quantitative estimate of drug-likeness (QED) is 0.847. The van der Waals surface area contributed by atoms with Crippen LogP contribution >= 0.6 is 0 Å². The third-order valence-electron chi connectivity index (χ3n) is 2.76. The van der Waals surface area contributed by atoms with Gasteiger partial charge in [-0.3, -0.25) is 0 Å². The van der Waals surface area contributed by atoms with Crippen LogP contribution in [0.4, 0.5) is 23.7 Å². The molecule has 0 saturated heterocycles. The SMILES string of the molecule is CCCOc1ccccc1NC(=O)N(C)CC(O)C(F)(F)F. The molecular weight excluding hydrogens is 301 g/mol. The zero-order chi connectivity index (χ0) is 16.8. The molecule has 1 unspecified atom stereocenters. The summed E-state index contributed by atoms with van der Waals surface area (Å²) in [6.07, 6.45) is -6.58. The first-order valence-corrected chi connectivity index (χ1v) is 6.74. The van der Waals surface area contributed by atoms with Gasteiger partial charge in [-0.15, -0.1) is 0 Å². The second-order valence-corrected chi connectivity index (χ2v) is 4.71. The number of carbonyl (C=O) groups is 1. The van der Waals surface area contributed by atoms with Crippen LogP contribution in [0, 0.1) is 0 Å². The minimum atomic E-state index is -4.77. The molecule has 1 aromatic carbocycles. The lowest BCUT2D eigenvalue weighted by atomic mass is 10.3. The Labute approximate surface area is 126 Å². The van der Waals surface area contributed by atoms with Crippen LogP contribution in [0.1, 0.15) is 13.3 Å². The first-order valence-electron chi connectivity index (χ1n) is 6.74. The van der Waals surface area contributed by atoms with Crippen molar-refractivity contribution in [1.82, 2.24) is 4.90 Å². The summed E-state index contributed by atoms with van der Waals surface area (Å²) in [4.78, 5) is 12.6. The Morgan fingerprint density at radius 3 is 2.64 bits per heavy atom. The number of aliphatic hydroxyl groups is 1. The highest BCUT2D eigenvalue weighted by Crippen LogP contribution is 2.25. The van der Waals surface area contributed by atoms with E-state index >= 15 is 0 Å². The fraction of sp³-hybridized carbons (Fsp3) is 0.500. The fourth-order valence-electron chi connectivity index (χ4n) is 1.56. The maximum atomic E-state index is 12.3. The largest absolute Gasteiger partial charge is 0.491 e. The van der Waals surface area contributed by atoms with Gasteiger partial charge in [-0.05, 0) is 18.6 Å². The number of aliphatic hydroxyl groups excluding tert-OH is 1. The zero-order valence-electron chi connectivity index (χ0n) is 12.4. The van der Waals surface area contributed by atoms with Crippen LogP contribution in [-0.4, -0.2) is 48.5 Å². The molecule has 2 N–H and O–H groups in total. The normalized spacial score (nSPS) is 12.6. The topological polar surface area (TPSA) is 61.8 Å². The average molecular weight is 320 g/mol. The molecule has 0 fully saturated rings. The summed E-state index contributed by atoms with van der Waals surface area (Å²) in [6, 6.07) is 5.85. The van der Waals surface area contributed by atoms with Crippen molar-refractivity contribution >= 4 is 11.7 Å². The van der Waals surface area contributed by atoms with Crippen molar-refractivity contribution in [2.45, 2.75) is 25.6 Å². The lowest BCUT2D eigenvalue weighted by molar-refractivity contribution is -0.205. The summed E-state index contributed by atoms with van der Waals surface area (Å²) in [5.41, 5.74) is 0.356. The molecule has 0 aliphatic carbocycles. The zero-order valence-corrected chi connectivity index (χ0v) is 12.4. The fourth-order valence-corrected chi connectivity index (χ4v) is 1.56. The van der Waals surface area contributed by atoms with Crippen molar-refractivity contribution < 1.29 is 27.8 Å². The number of benzene rings is 1. The number of carbonyl (C=O) groups excluding carboxylic acids is 1. The Hall–Kier alpha value is -1.96. The van der Waals surface area contributed by atoms with Crippen LogP contribution < -0.4 is 10.1 Å². The summed E-state index contributed by atoms with van der Waals surface area (Å²) < 4.78 is 42.3. The summed E-state index contributed by atoms with van der Waals surface area (Å²) in [7, 11) is 1.17. The summed E-state index contributed by atoms with van der Waals surface area (Å²) in [5.74, 6) is 0.433. The number of likely N-dealkylation sites (N-methyl/N-ethyl adjacent to an activating group) is 1. The second kappa shape index (κ2) is 7.88. The van der Waals surface area contributed by atoms with Gasteiger partial charge in [-0.2, -0.15) is 13.2 Å². The maximum Gasteiger partial charge on any atom is 0.416 e. The Bertz CT molecular complexity index is 494. The maximum absolute atomic E-state index is 12.3. The number of ether oxygens (including phenoxy) is 1. The van der Waals surface area contributed by atoms with E-state index < -0.39 is 24.9 Å². The number of alkyl halides is 3. The molecule has 0 bridgehead atoms. The van der Waals surface area contributed by atoms with E-state index in [1.54, 1.807) is 24.3 Å². The number of nitrogens with zero attached hydrogens (tertiary/aromatic N) is 1. The predicted molar refractivity (Wildman–Crippen MR) is 75.9 cm³/mol. The third-order valence-corrected chi connectivity index (χ3v) is 2.76. The molecule has 0 radical (unpaired) electrons. The molecule has 8 heteroatoms. The third kappa shape index (κ3) is 5.44. The smallest absolute Gasteiger partial charge is 0.416 e. The number of halogens is 3. The summed E-state index contributed by atoms with van der Waals surface area (Å²) >= 11 is 0. The van der Waals surface area contributed by atoms with E-state index in [1.807, 2.05) is 6.92 Å². The van der Waals surface area contributed by atoms with E-state index in [0.29, 0.717) is 18.0 Å². The molecular formula is C14H19F3N2O3. The van der Waals surface area contributed by atoms with Crippen LogP contribution in [0.2, 0.25) is 0 Å². The van der Waals surface area contributed by atoms with E-state index in [4.69, 9.17) is 9.84 Å². The number of para-hydroxylation sites is 2. The van der Waals surface area contributed by atoms with Crippen molar-refractivity contribution in [1.29, 1.82) is 0 Å². The molecule has 0 aliphatic rings. The van der Waals surface area contributed by atoms with Crippen LogP contribution in [0.5, 0.6) is 5.75 Å². The molecule has 0 saturated carbocycles. The van der Waals surface area contributed by atoms with Crippen molar-refractivity contribution in [3.05, 3.63) is 24.3 Å². The van der Waals surface area contributed by atoms with Gasteiger partial charge in [0.05, 0.1) is 18.8 Å². The monoisotopic (exact) mass is 320 g/mol. The van der Waals surface area contributed by atoms with Gasteiger partial charge in [-0.1, -0.05) is 19.1 Å². The molecule has 1 rings (SSSR count). The Kier molecular flexibility index (Phi) is 6.48. The highest BCUT2D eigenvalue weighted by atomic mass is 19.4. The van der Waals surface area contributed by atoms with E-state index in [1.165, 1.54) is 7.05 Å². The van der Waals surface area contributed by atoms with E-state index in [0.717, 1.165) is 11.3 Å². The Balaban J connectivity index is 2.68. The molecule has 0 aromatic heterocycles. The molecule has 0 heterocycles. The molecule has 1 aromatic rings. The highest BCUT2D eigenvalue weighted by Gasteiger charge is 2.39. The number of amides is 2. The number of nitrogens with one attached hydrogen (secondary N) is 1. The Morgan fingerprint density at radius 1 is 1.41 bits per heavy atom. The molecule has 0 spiro atoms. The molecule has 124 valence electrons. The van der Waals surface area contributed by atoms with Gasteiger partial charge < -0.3 is 20.1 Å². The second-order valence-electron chi connectivity index (χ2n) is 4.71. The van der Waals surface area contributed by atoms with Gasteiger partial charge in [0.25, 0.3) is 0 Å². The lowest BCUT2D eigenvalue weighted by Crippen LogP contribution is -2.43. The van der Waals surface area contributed by atoms with Gasteiger partial charge in [-0.25, -0.2) is 4.79 Å². The van der Waals surface area contributed by atoms with Crippen LogP contribution in [0.3, 0.4) is 0 Å². The first kappa shape index (κ1) is 18.1. The predicted octanol–water partition coefficient (Wildman–Crippen LogP) is 2.86. The number of anilines is 1. The van der Waals surface area contributed by atoms with Crippen molar-refractivity contribution in [2.24, 2.45) is 0 Å².